The van der Waals surface area contributed by atoms with Gasteiger partial charge in [-0.1, -0.05) is 24.3 Å². The quantitative estimate of drug-likeness (QED) is 0.555. The zero-order chi connectivity index (χ0) is 7.66. The van der Waals surface area contributed by atoms with E-state index in [1.807, 2.05) is 24.3 Å². The topological polar surface area (TPSA) is 52.0 Å². The van der Waals surface area contributed by atoms with Crippen LogP contribution in [0.4, 0.5) is 0 Å². The summed E-state index contributed by atoms with van der Waals surface area (Å²) in [6, 6.07) is 0. The lowest BCUT2D eigenvalue weighted by atomic mass is 10.3. The molecule has 0 rings (SSSR count). The molecule has 0 aromatic heterocycles. The van der Waals surface area contributed by atoms with Crippen LogP contribution in [-0.2, 0) is 0 Å². The van der Waals surface area contributed by atoms with Crippen LogP contribution in [-0.4, -0.2) is 13.1 Å². The predicted octanol–water partition coefficient (Wildman–Crippen LogP) is 0.796. The Hall–Kier alpha value is -0.600. The van der Waals surface area contributed by atoms with E-state index < -0.39 is 0 Å². The lowest BCUT2D eigenvalue weighted by Crippen LogP contribution is -1.95. The molecule has 0 aliphatic rings. The van der Waals surface area contributed by atoms with Crippen molar-refractivity contribution in [2.24, 2.45) is 11.5 Å². The molecule has 0 saturated carbocycles. The SMILES string of the molecule is NCCC=CC=CCCN. The van der Waals surface area contributed by atoms with Crippen molar-refractivity contribution in [3.63, 3.8) is 0 Å². The second-order valence-corrected chi connectivity index (χ2v) is 2.01. The van der Waals surface area contributed by atoms with E-state index in [9.17, 15) is 0 Å². The standard InChI is InChI=1S/C8H16N2/c9-7-5-3-1-2-4-6-8-10/h1-4H,5-10H2. The third-order valence-electron chi connectivity index (χ3n) is 1.05. The van der Waals surface area contributed by atoms with Gasteiger partial charge in [-0.3, -0.25) is 0 Å². The van der Waals surface area contributed by atoms with Gasteiger partial charge in [-0.25, -0.2) is 0 Å². The van der Waals surface area contributed by atoms with E-state index >= 15 is 0 Å². The Morgan fingerprint density at radius 3 is 1.50 bits per heavy atom. The molecule has 0 spiro atoms. The van der Waals surface area contributed by atoms with E-state index in [0.29, 0.717) is 0 Å². The summed E-state index contributed by atoms with van der Waals surface area (Å²) in [5, 5.41) is 0. The number of rotatable bonds is 5. The molecule has 0 amide bonds. The number of hydrogen-bond donors (Lipinski definition) is 2. The average Bonchev–Trinajstić information content (AvgIpc) is 1.97. The van der Waals surface area contributed by atoms with Crippen molar-refractivity contribution in [1.29, 1.82) is 0 Å². The molecule has 0 heterocycles. The first-order valence-electron chi connectivity index (χ1n) is 3.63. The second kappa shape index (κ2) is 8.40. The number of allylic oxidation sites excluding steroid dienone is 2. The lowest BCUT2D eigenvalue weighted by Gasteiger charge is -1.82. The summed E-state index contributed by atoms with van der Waals surface area (Å²) >= 11 is 0. The summed E-state index contributed by atoms with van der Waals surface area (Å²) in [7, 11) is 0. The van der Waals surface area contributed by atoms with Crippen LogP contribution in [0.3, 0.4) is 0 Å². The first-order chi connectivity index (χ1) is 4.91. The largest absolute Gasteiger partial charge is 0.330 e. The smallest absolute Gasteiger partial charge is 0.00425 e. The Balaban J connectivity index is 3.15. The van der Waals surface area contributed by atoms with Gasteiger partial charge in [-0.05, 0) is 25.9 Å². The molecular weight excluding hydrogens is 124 g/mol. The van der Waals surface area contributed by atoms with Crippen molar-refractivity contribution >= 4 is 0 Å². The molecule has 0 fully saturated rings. The van der Waals surface area contributed by atoms with Crippen LogP contribution >= 0.6 is 0 Å². The van der Waals surface area contributed by atoms with Crippen molar-refractivity contribution < 1.29 is 0 Å². The molecule has 10 heavy (non-hydrogen) atoms. The van der Waals surface area contributed by atoms with Crippen molar-refractivity contribution in [3.05, 3.63) is 24.3 Å². The normalized spacial score (nSPS) is 11.8. The summed E-state index contributed by atoms with van der Waals surface area (Å²) in [6.07, 6.45) is 10.0. The maximum atomic E-state index is 5.27. The fourth-order valence-electron chi connectivity index (χ4n) is 0.542. The van der Waals surface area contributed by atoms with E-state index in [-0.39, 0.29) is 0 Å². The first-order valence-corrected chi connectivity index (χ1v) is 3.63. The molecular formula is C8H16N2. The summed E-state index contributed by atoms with van der Waals surface area (Å²) in [5.41, 5.74) is 10.5. The molecule has 58 valence electrons. The molecule has 0 aromatic rings. The van der Waals surface area contributed by atoms with Gasteiger partial charge in [0.05, 0.1) is 0 Å². The average molecular weight is 140 g/mol. The van der Waals surface area contributed by atoms with Gasteiger partial charge in [0.2, 0.25) is 0 Å². The van der Waals surface area contributed by atoms with Crippen molar-refractivity contribution in [1.82, 2.24) is 0 Å². The Kier molecular flexibility index (Phi) is 7.90. The van der Waals surface area contributed by atoms with Crippen LogP contribution in [0.25, 0.3) is 0 Å². The van der Waals surface area contributed by atoms with Crippen LogP contribution in [0.5, 0.6) is 0 Å². The van der Waals surface area contributed by atoms with E-state index in [2.05, 4.69) is 0 Å². The van der Waals surface area contributed by atoms with Gasteiger partial charge in [0, 0.05) is 0 Å². The highest BCUT2D eigenvalue weighted by molar-refractivity contribution is 5.02. The van der Waals surface area contributed by atoms with Gasteiger partial charge in [0.25, 0.3) is 0 Å². The zero-order valence-electron chi connectivity index (χ0n) is 6.29. The molecule has 0 aliphatic carbocycles. The van der Waals surface area contributed by atoms with E-state index in [1.54, 1.807) is 0 Å². The monoisotopic (exact) mass is 140 g/mol. The number of hydrogen-bond acceptors (Lipinski definition) is 2. The van der Waals surface area contributed by atoms with Crippen LogP contribution in [0.1, 0.15) is 12.8 Å². The van der Waals surface area contributed by atoms with Gasteiger partial charge >= 0.3 is 0 Å². The molecule has 2 heteroatoms. The molecule has 0 radical (unpaired) electrons. The highest BCUT2D eigenvalue weighted by atomic mass is 14.5. The predicted molar refractivity (Wildman–Crippen MR) is 45.6 cm³/mol. The summed E-state index contributed by atoms with van der Waals surface area (Å²) < 4.78 is 0. The second-order valence-electron chi connectivity index (χ2n) is 2.01. The van der Waals surface area contributed by atoms with Crippen molar-refractivity contribution in [2.45, 2.75) is 12.8 Å². The van der Waals surface area contributed by atoms with Crippen molar-refractivity contribution in [2.75, 3.05) is 13.1 Å². The highest BCUT2D eigenvalue weighted by Gasteiger charge is 1.70. The fourth-order valence-corrected chi connectivity index (χ4v) is 0.542. The first kappa shape index (κ1) is 9.40. The molecule has 0 bridgehead atoms. The molecule has 2 nitrogen and oxygen atoms in total. The van der Waals surface area contributed by atoms with Gasteiger partial charge in [0.15, 0.2) is 0 Å². The molecule has 0 aliphatic heterocycles. The minimum absolute atomic E-state index is 0.723. The van der Waals surface area contributed by atoms with E-state index in [0.717, 1.165) is 25.9 Å². The molecule has 0 unspecified atom stereocenters. The summed E-state index contributed by atoms with van der Waals surface area (Å²) in [5.74, 6) is 0. The van der Waals surface area contributed by atoms with Gasteiger partial charge in [-0.15, -0.1) is 0 Å². The third kappa shape index (κ3) is 7.40. The zero-order valence-corrected chi connectivity index (χ0v) is 6.29. The third-order valence-corrected chi connectivity index (χ3v) is 1.05. The highest BCUT2D eigenvalue weighted by Crippen LogP contribution is 1.83. The van der Waals surface area contributed by atoms with Crippen LogP contribution < -0.4 is 11.5 Å². The fraction of sp³-hybridized carbons (Fsp3) is 0.500. The van der Waals surface area contributed by atoms with E-state index in [1.165, 1.54) is 0 Å². The Bertz CT molecular complexity index is 91.8. The van der Waals surface area contributed by atoms with E-state index in [4.69, 9.17) is 11.5 Å². The number of nitrogens with two attached hydrogens (primary N) is 2. The van der Waals surface area contributed by atoms with Gasteiger partial charge < -0.3 is 11.5 Å². The maximum absolute atomic E-state index is 5.27. The molecule has 0 saturated heterocycles. The minimum Gasteiger partial charge on any atom is -0.330 e. The summed E-state index contributed by atoms with van der Waals surface area (Å²) in [6.45, 7) is 1.45. The van der Waals surface area contributed by atoms with Crippen LogP contribution in [0, 0.1) is 0 Å². The van der Waals surface area contributed by atoms with Crippen LogP contribution in [0.2, 0.25) is 0 Å². The minimum atomic E-state index is 0.723. The Morgan fingerprint density at radius 2 is 1.20 bits per heavy atom. The Labute approximate surface area is 62.6 Å². The summed E-state index contributed by atoms with van der Waals surface area (Å²) in [4.78, 5) is 0. The van der Waals surface area contributed by atoms with Gasteiger partial charge in [-0.2, -0.15) is 0 Å². The lowest BCUT2D eigenvalue weighted by molar-refractivity contribution is 1.00. The maximum Gasteiger partial charge on any atom is -0.00425 e. The molecule has 4 N–H and O–H groups in total. The van der Waals surface area contributed by atoms with Gasteiger partial charge in [0.1, 0.15) is 0 Å². The molecule has 0 aromatic carbocycles. The Morgan fingerprint density at radius 1 is 0.800 bits per heavy atom. The molecule has 0 atom stereocenters. The van der Waals surface area contributed by atoms with Crippen LogP contribution in [0.15, 0.2) is 24.3 Å². The van der Waals surface area contributed by atoms with Crippen molar-refractivity contribution in [3.8, 4) is 0 Å².